The molecule has 0 aliphatic heterocycles. The minimum Gasteiger partial charge on any atom is -0.473 e. The molecule has 0 unspecified atom stereocenters. The van der Waals surface area contributed by atoms with Crippen LogP contribution in [0.5, 0.6) is 0 Å². The van der Waals surface area contributed by atoms with Crippen molar-refractivity contribution in [2.45, 2.75) is 27.7 Å². The average Bonchev–Trinajstić information content (AvgIpc) is 2.46. The highest BCUT2D eigenvalue weighted by Gasteiger charge is 2.17. The number of aliphatic carboxylic acids is 2. The van der Waals surface area contributed by atoms with Crippen LogP contribution in [0.4, 0.5) is 0 Å². The molecule has 0 bridgehead atoms. The Morgan fingerprint density at radius 3 is 1.65 bits per heavy atom. The van der Waals surface area contributed by atoms with E-state index in [0.29, 0.717) is 11.8 Å². The topological polar surface area (TPSA) is 108 Å². The van der Waals surface area contributed by atoms with Gasteiger partial charge >= 0.3 is 11.9 Å². The minimum absolute atomic E-state index is 0.106. The Morgan fingerprint density at radius 2 is 1.35 bits per heavy atom. The Labute approximate surface area is 136 Å². The third kappa shape index (κ3) is 9.23. The molecule has 0 aliphatic carbocycles. The molecule has 0 spiro atoms. The number of amides is 1. The van der Waals surface area contributed by atoms with Gasteiger partial charge in [0.25, 0.3) is 5.91 Å². The molecule has 23 heavy (non-hydrogen) atoms. The van der Waals surface area contributed by atoms with E-state index in [9.17, 15) is 4.79 Å². The number of nitrogens with zero attached hydrogens (tertiary/aromatic N) is 2. The van der Waals surface area contributed by atoms with Crippen molar-refractivity contribution in [3.05, 3.63) is 30.1 Å². The van der Waals surface area contributed by atoms with Crippen LogP contribution in [0.2, 0.25) is 0 Å². The fraction of sp³-hybridized carbons (Fsp3) is 0.500. The summed E-state index contributed by atoms with van der Waals surface area (Å²) >= 11 is 0. The molecule has 0 aromatic carbocycles. The second-order valence-corrected chi connectivity index (χ2v) is 5.84. The highest BCUT2D eigenvalue weighted by atomic mass is 16.4. The summed E-state index contributed by atoms with van der Waals surface area (Å²) in [5, 5.41) is 14.8. The Hall–Kier alpha value is -2.44. The van der Waals surface area contributed by atoms with Crippen LogP contribution in [-0.4, -0.2) is 51.0 Å². The quantitative estimate of drug-likeness (QED) is 0.802. The molecular weight excluding hydrogens is 300 g/mol. The van der Waals surface area contributed by atoms with E-state index in [1.807, 2.05) is 4.90 Å². The van der Waals surface area contributed by atoms with Crippen LogP contribution in [0.3, 0.4) is 0 Å². The van der Waals surface area contributed by atoms with Gasteiger partial charge < -0.3 is 15.1 Å². The predicted molar refractivity (Wildman–Crippen MR) is 85.1 cm³/mol. The van der Waals surface area contributed by atoms with Crippen molar-refractivity contribution in [2.75, 3.05) is 13.1 Å². The van der Waals surface area contributed by atoms with Crippen LogP contribution in [0.25, 0.3) is 0 Å². The van der Waals surface area contributed by atoms with Crippen molar-refractivity contribution in [3.8, 4) is 0 Å². The lowest BCUT2D eigenvalue weighted by atomic mass is 10.1. The highest BCUT2D eigenvalue weighted by Crippen LogP contribution is 2.09. The summed E-state index contributed by atoms with van der Waals surface area (Å²) in [6.45, 7) is 10.1. The third-order valence-corrected chi connectivity index (χ3v) is 2.57. The van der Waals surface area contributed by atoms with E-state index in [0.717, 1.165) is 18.7 Å². The van der Waals surface area contributed by atoms with Crippen molar-refractivity contribution in [3.63, 3.8) is 0 Å². The van der Waals surface area contributed by atoms with Gasteiger partial charge in [0, 0.05) is 31.0 Å². The van der Waals surface area contributed by atoms with Crippen LogP contribution >= 0.6 is 0 Å². The maximum absolute atomic E-state index is 12.3. The highest BCUT2D eigenvalue weighted by molar-refractivity contribution is 6.27. The zero-order valence-electron chi connectivity index (χ0n) is 13.9. The molecule has 1 heterocycles. The van der Waals surface area contributed by atoms with Crippen molar-refractivity contribution in [2.24, 2.45) is 11.8 Å². The van der Waals surface area contributed by atoms with Gasteiger partial charge in [0.05, 0.1) is 0 Å². The van der Waals surface area contributed by atoms with Crippen molar-refractivity contribution in [1.29, 1.82) is 0 Å². The molecule has 7 heteroatoms. The largest absolute Gasteiger partial charge is 0.473 e. The molecule has 0 fully saturated rings. The molecule has 128 valence electrons. The number of aromatic nitrogens is 1. The summed E-state index contributed by atoms with van der Waals surface area (Å²) in [5.74, 6) is -2.57. The molecule has 1 aromatic heterocycles. The first-order valence-corrected chi connectivity index (χ1v) is 7.30. The molecule has 1 amide bonds. The fourth-order valence-electron chi connectivity index (χ4n) is 1.80. The van der Waals surface area contributed by atoms with E-state index in [-0.39, 0.29) is 5.91 Å². The van der Waals surface area contributed by atoms with Gasteiger partial charge in [0.15, 0.2) is 0 Å². The third-order valence-electron chi connectivity index (χ3n) is 2.57. The van der Waals surface area contributed by atoms with Gasteiger partial charge in [-0.2, -0.15) is 0 Å². The molecule has 0 saturated heterocycles. The lowest BCUT2D eigenvalue weighted by Gasteiger charge is -2.26. The first-order chi connectivity index (χ1) is 10.6. The lowest BCUT2D eigenvalue weighted by molar-refractivity contribution is -0.159. The van der Waals surface area contributed by atoms with Crippen molar-refractivity contribution < 1.29 is 24.6 Å². The zero-order chi connectivity index (χ0) is 18.0. The van der Waals surface area contributed by atoms with E-state index >= 15 is 0 Å². The Kier molecular flexibility index (Phi) is 9.22. The SMILES string of the molecule is CC(C)CN(CC(C)C)C(=O)c1ccncc1.O=C(O)C(=O)O. The number of rotatable bonds is 5. The summed E-state index contributed by atoms with van der Waals surface area (Å²) < 4.78 is 0. The molecule has 2 N–H and O–H groups in total. The van der Waals surface area contributed by atoms with Crippen LogP contribution in [0, 0.1) is 11.8 Å². The molecule has 0 atom stereocenters. The number of hydrogen-bond donors (Lipinski definition) is 2. The Bertz CT molecular complexity index is 492. The predicted octanol–water partition coefficient (Wildman–Crippen LogP) is 1.99. The smallest absolute Gasteiger partial charge is 0.414 e. The summed E-state index contributed by atoms with van der Waals surface area (Å²) in [6.07, 6.45) is 3.33. The average molecular weight is 324 g/mol. The molecular formula is C16H24N2O5. The van der Waals surface area contributed by atoms with Crippen LogP contribution in [0.15, 0.2) is 24.5 Å². The standard InChI is InChI=1S/C14H22N2O.C2H2O4/c1-11(2)9-16(10-12(3)4)14(17)13-5-7-15-8-6-13;3-1(4)2(5)6/h5-8,11-12H,9-10H2,1-4H3;(H,3,4)(H,5,6). The molecule has 1 rings (SSSR count). The van der Waals surface area contributed by atoms with Gasteiger partial charge in [-0.3, -0.25) is 9.78 Å². The van der Waals surface area contributed by atoms with E-state index in [1.165, 1.54) is 0 Å². The second kappa shape index (κ2) is 10.3. The molecule has 0 saturated carbocycles. The van der Waals surface area contributed by atoms with E-state index < -0.39 is 11.9 Å². The maximum atomic E-state index is 12.3. The Morgan fingerprint density at radius 1 is 0.957 bits per heavy atom. The lowest BCUT2D eigenvalue weighted by Crippen LogP contribution is -2.37. The van der Waals surface area contributed by atoms with Gasteiger partial charge in [0.1, 0.15) is 0 Å². The first-order valence-electron chi connectivity index (χ1n) is 7.30. The zero-order valence-corrected chi connectivity index (χ0v) is 13.9. The van der Waals surface area contributed by atoms with Gasteiger partial charge in [-0.25, -0.2) is 9.59 Å². The maximum Gasteiger partial charge on any atom is 0.414 e. The second-order valence-electron chi connectivity index (χ2n) is 5.84. The number of carboxylic acids is 2. The summed E-state index contributed by atoms with van der Waals surface area (Å²) in [4.78, 5) is 36.4. The number of carboxylic acid groups (broad SMARTS) is 2. The monoisotopic (exact) mass is 324 g/mol. The summed E-state index contributed by atoms with van der Waals surface area (Å²) in [6, 6.07) is 3.55. The number of hydrogen-bond acceptors (Lipinski definition) is 4. The summed E-state index contributed by atoms with van der Waals surface area (Å²) in [7, 11) is 0. The van der Waals surface area contributed by atoms with Gasteiger partial charge in [-0.15, -0.1) is 0 Å². The molecule has 0 aliphatic rings. The van der Waals surface area contributed by atoms with E-state index in [1.54, 1.807) is 24.5 Å². The first kappa shape index (κ1) is 20.6. The van der Waals surface area contributed by atoms with Crippen molar-refractivity contribution in [1.82, 2.24) is 9.88 Å². The van der Waals surface area contributed by atoms with E-state index in [4.69, 9.17) is 19.8 Å². The number of pyridine rings is 1. The molecule has 7 nitrogen and oxygen atoms in total. The minimum atomic E-state index is -1.82. The van der Waals surface area contributed by atoms with Crippen molar-refractivity contribution >= 4 is 17.8 Å². The molecule has 0 radical (unpaired) electrons. The van der Waals surface area contributed by atoms with Crippen LogP contribution in [-0.2, 0) is 9.59 Å². The van der Waals surface area contributed by atoms with Crippen LogP contribution in [0.1, 0.15) is 38.1 Å². The number of carbonyl (C=O) groups excluding carboxylic acids is 1. The normalized spacial score (nSPS) is 10.0. The molecule has 1 aromatic rings. The van der Waals surface area contributed by atoms with Gasteiger partial charge in [-0.1, -0.05) is 27.7 Å². The van der Waals surface area contributed by atoms with E-state index in [2.05, 4.69) is 32.7 Å². The fourth-order valence-corrected chi connectivity index (χ4v) is 1.80. The number of carbonyl (C=O) groups is 3. The Balaban J connectivity index is 0.000000688. The van der Waals surface area contributed by atoms with Crippen LogP contribution < -0.4 is 0 Å². The summed E-state index contributed by atoms with van der Waals surface area (Å²) in [5.41, 5.74) is 0.723. The van der Waals surface area contributed by atoms with Gasteiger partial charge in [-0.05, 0) is 24.0 Å². The van der Waals surface area contributed by atoms with Gasteiger partial charge in [0.2, 0.25) is 0 Å².